The molecule has 0 aromatic rings. The van der Waals surface area contributed by atoms with Crippen molar-refractivity contribution in [1.29, 1.82) is 0 Å². The molecule has 0 bridgehead atoms. The quantitative estimate of drug-likeness (QED) is 0.246. The zero-order valence-electron chi connectivity index (χ0n) is 96.4. The van der Waals surface area contributed by atoms with Crippen molar-refractivity contribution >= 4 is 74.4 Å². The Kier molecular flexibility index (Phi) is 7070. The van der Waals surface area contributed by atoms with Crippen molar-refractivity contribution in [3.05, 3.63) is 0 Å². The number of rotatable bonds is 0. The monoisotopic (exact) mass is 593 g/mol. The van der Waals surface area contributed by atoms with E-state index in [0.29, 0.717) is 0 Å². The average molecular weight is 592 g/mol. The Bertz CT molecular complexity index is 127. The molecule has 0 radical (unpaired) electrons. The summed E-state index contributed by atoms with van der Waals surface area (Å²) in [6.07, 6.45) is 0. The second kappa shape index (κ2) is 601. The van der Waals surface area contributed by atoms with E-state index in [1.807, 2.05) is 0 Å². The van der Waals surface area contributed by atoms with Crippen molar-refractivity contribution in [3.63, 3.8) is 0 Å². The molecule has 0 atom stereocenters. The maximum atomic E-state index is 0. The molecule has 0 aromatic heterocycles. The van der Waals surface area contributed by atoms with Gasteiger partial charge in [0.05, 0.1) is 0 Å². The Labute approximate surface area is 1000 Å². The predicted octanol–water partition coefficient (Wildman–Crippen LogP) is -133. The molecule has 0 heterocycles. The normalized spacial score (nSPS) is 0. The van der Waals surface area contributed by atoms with Gasteiger partial charge in [-0.3, -0.25) is 0 Å². The van der Waals surface area contributed by atoms with E-state index in [1.165, 1.54) is 0 Å². The minimum absolute atomic E-state index is 0. The van der Waals surface area contributed by atoms with E-state index in [4.69, 9.17) is 0 Å². The molecule has 0 fully saturated rings. The standard InChI is InChI=1S/6ClH.47Li.47H/h6*1H;;;;;;;;;;;;;;;;;;;;;;;;;;;;;;;;;;;;;;;;;;;;;;;;;;;;;;;;;;;;;;;;;;;;;;;;;;;;;;;;;;;;;;;;;;;;;;/q;;;;;;47*+1;47*-1. The van der Waals surface area contributed by atoms with Crippen molar-refractivity contribution < 1.29 is 954 Å². The summed E-state index contributed by atoms with van der Waals surface area (Å²) in [5, 5.41) is 0. The van der Waals surface area contributed by atoms with Gasteiger partial charge in [-0.25, -0.2) is 0 Å². The van der Waals surface area contributed by atoms with Crippen molar-refractivity contribution in [1.82, 2.24) is 0 Å². The molecule has 142 valence electrons. The van der Waals surface area contributed by atoms with E-state index in [2.05, 4.69) is 0 Å². The summed E-state index contributed by atoms with van der Waals surface area (Å²) in [6.45, 7) is 0. The molecule has 53 heteroatoms. The molecule has 0 aromatic carbocycles. The van der Waals surface area contributed by atoms with E-state index in [-0.39, 0.29) is 1030 Å². The zero-order valence-corrected chi connectivity index (χ0v) is 54.3. The van der Waals surface area contributed by atoms with E-state index >= 15 is 0 Å². The first-order valence-corrected chi connectivity index (χ1v) is 0. The van der Waals surface area contributed by atoms with Crippen LogP contribution in [0.2, 0.25) is 0 Å². The maximum absolute atomic E-state index is 0. The third kappa shape index (κ3) is 586. The predicted molar refractivity (Wildman–Crippen MR) is 95.8 cm³/mol. The van der Waals surface area contributed by atoms with Gasteiger partial charge in [-0.1, -0.05) is 0 Å². The van der Waals surface area contributed by atoms with Crippen molar-refractivity contribution in [2.75, 3.05) is 0 Å². The van der Waals surface area contributed by atoms with E-state index in [1.54, 1.807) is 0 Å². The van der Waals surface area contributed by atoms with Gasteiger partial charge < -0.3 is 67.1 Å². The van der Waals surface area contributed by atoms with Crippen LogP contribution in [0.5, 0.6) is 0 Å². The topological polar surface area (TPSA) is 0 Å². The van der Waals surface area contributed by atoms with E-state index in [0.717, 1.165) is 0 Å². The first-order valence-electron chi connectivity index (χ1n) is 0. The first-order chi connectivity index (χ1) is 0. The first kappa shape index (κ1) is 624. The Hall–Kier alpha value is 29.8. The molecule has 0 saturated heterocycles. The molecule has 0 aliphatic carbocycles. The molecule has 0 rings (SSSR count). The van der Waals surface area contributed by atoms with Crippen LogP contribution in [0.3, 0.4) is 0 Å². The van der Waals surface area contributed by atoms with Gasteiger partial charge >= 0.3 is 886 Å². The smallest absolute Gasteiger partial charge is 1.00 e. The molecule has 0 saturated carbocycles. The zero-order chi connectivity index (χ0) is 0. The van der Waals surface area contributed by atoms with Crippen molar-refractivity contribution in [3.8, 4) is 0 Å². The van der Waals surface area contributed by atoms with Crippen LogP contribution in [-0.4, -0.2) is 0 Å². The largest absolute Gasteiger partial charge is 1.00 e. The summed E-state index contributed by atoms with van der Waals surface area (Å²) in [5.41, 5.74) is 0. The van der Waals surface area contributed by atoms with Crippen LogP contribution in [0.25, 0.3) is 0 Å². The van der Waals surface area contributed by atoms with Gasteiger partial charge in [0.1, 0.15) is 0 Å². The van der Waals surface area contributed by atoms with Gasteiger partial charge in [-0.05, 0) is 0 Å². The molecule has 53 heavy (non-hydrogen) atoms. The SMILES string of the molecule is Cl.Cl.Cl.Cl.Cl.Cl.[H-].[H-].[H-].[H-].[H-].[H-].[H-].[H-].[H-].[H-].[H-].[H-].[H-].[H-].[H-].[H-].[H-].[H-].[H-].[H-].[H-].[H-].[H-].[H-].[H-].[H-].[H-].[H-].[H-].[H-].[H-].[H-].[H-].[H-].[H-].[H-].[H-].[H-].[H-].[H-].[H-].[H-].[H-].[H-].[H-].[H-].[H-].[Li+].[Li+].[Li+].[Li+].[Li+].[Li+].[Li+].[Li+].[Li+].[Li+].[Li+].[Li+].[Li+].[Li+].[Li+].[Li+].[Li+].[Li+].[Li+].[Li+].[Li+].[Li+].[Li+].[Li+].[Li+].[Li+].[Li+].[Li+].[Li+].[Li+].[Li+].[Li+].[Li+].[Li+].[Li+].[Li+].[Li+].[Li+].[Li+].[Li+].[Li+].[Li+].[Li+].[Li+].[Li+].[Li+].[Li+]. The van der Waals surface area contributed by atoms with Crippen LogP contribution in [0, 0.1) is 0 Å². The van der Waals surface area contributed by atoms with Crippen LogP contribution >= 0.6 is 74.4 Å². The molecule has 0 aliphatic heterocycles. The minimum Gasteiger partial charge on any atom is -1.00 e. The van der Waals surface area contributed by atoms with E-state index < -0.39 is 0 Å². The van der Waals surface area contributed by atoms with Gasteiger partial charge in [-0.2, -0.15) is 0 Å². The summed E-state index contributed by atoms with van der Waals surface area (Å²) >= 11 is 0. The molecule has 0 spiro atoms. The van der Waals surface area contributed by atoms with Crippen LogP contribution in [0.4, 0.5) is 0 Å². The Morgan fingerprint density at radius 1 is 0.0566 bits per heavy atom. The van der Waals surface area contributed by atoms with Gasteiger partial charge in [0, 0.05) is 0 Å². The maximum Gasteiger partial charge on any atom is 1.00 e. The van der Waals surface area contributed by atoms with Crippen LogP contribution in [0.1, 0.15) is 67.1 Å². The van der Waals surface area contributed by atoms with Crippen LogP contribution in [-0.2, 0) is 0 Å². The Morgan fingerprint density at radius 2 is 0.0566 bits per heavy atom. The third-order valence-electron chi connectivity index (χ3n) is 0. The molecular formula is H53Cl6Li47. The average Bonchev–Trinajstić information content (AvgIpc) is 0. The molecule has 0 amide bonds. The second-order valence-corrected chi connectivity index (χ2v) is 0. The Morgan fingerprint density at radius 3 is 0.0566 bits per heavy atom. The number of halogens is 6. The van der Waals surface area contributed by atoms with E-state index in [9.17, 15) is 0 Å². The fourth-order valence-corrected chi connectivity index (χ4v) is 0. The molecular weight excluding hydrogens is 539 g/mol. The van der Waals surface area contributed by atoms with Gasteiger partial charge in [0.2, 0.25) is 0 Å². The van der Waals surface area contributed by atoms with Crippen molar-refractivity contribution in [2.45, 2.75) is 0 Å². The number of hydrogen-bond donors (Lipinski definition) is 0. The molecule has 0 unspecified atom stereocenters. The summed E-state index contributed by atoms with van der Waals surface area (Å²) < 4.78 is 0. The molecule has 0 nitrogen and oxygen atoms in total. The molecule has 0 aliphatic rings. The Balaban J connectivity index is 0. The molecule has 0 N–H and O–H groups in total. The summed E-state index contributed by atoms with van der Waals surface area (Å²) in [7, 11) is 0. The van der Waals surface area contributed by atoms with Gasteiger partial charge in [0.15, 0.2) is 0 Å². The fourth-order valence-electron chi connectivity index (χ4n) is 0. The van der Waals surface area contributed by atoms with Crippen LogP contribution in [0.15, 0.2) is 0 Å². The van der Waals surface area contributed by atoms with Crippen molar-refractivity contribution in [2.24, 2.45) is 0 Å². The van der Waals surface area contributed by atoms with Gasteiger partial charge in [-0.15, -0.1) is 74.4 Å². The summed E-state index contributed by atoms with van der Waals surface area (Å²) in [4.78, 5) is 0. The number of hydrogen-bond acceptors (Lipinski definition) is 0. The van der Waals surface area contributed by atoms with Crippen LogP contribution < -0.4 is 886 Å². The second-order valence-electron chi connectivity index (χ2n) is 0. The third-order valence-corrected chi connectivity index (χ3v) is 0. The minimum atomic E-state index is 0. The van der Waals surface area contributed by atoms with Gasteiger partial charge in [0.25, 0.3) is 0 Å². The fraction of sp³-hybridized carbons (Fsp3) is 0. The summed E-state index contributed by atoms with van der Waals surface area (Å²) in [5.74, 6) is 0. The summed E-state index contributed by atoms with van der Waals surface area (Å²) in [6, 6.07) is 0.